The van der Waals surface area contributed by atoms with Crippen molar-refractivity contribution < 1.29 is 9.59 Å². The molecule has 0 aliphatic carbocycles. The van der Waals surface area contributed by atoms with Gasteiger partial charge in [0.25, 0.3) is 0 Å². The van der Waals surface area contributed by atoms with Crippen LogP contribution in [-0.4, -0.2) is 85.4 Å². The van der Waals surface area contributed by atoms with Crippen LogP contribution in [0, 0.1) is 17.8 Å². The molecule has 6 nitrogen and oxygen atoms in total. The van der Waals surface area contributed by atoms with E-state index < -0.39 is 0 Å². The van der Waals surface area contributed by atoms with Gasteiger partial charge in [0, 0.05) is 26.2 Å². The predicted octanol–water partition coefficient (Wildman–Crippen LogP) is 2.83. The zero-order valence-electron chi connectivity index (χ0n) is 20.3. The first-order valence-electron chi connectivity index (χ1n) is 12.2. The first kappa shape index (κ1) is 25.1. The third-order valence-corrected chi connectivity index (χ3v) is 6.53. The number of nitrogens with one attached hydrogen (secondary N) is 1. The third-order valence-electron chi connectivity index (χ3n) is 6.53. The minimum absolute atomic E-state index is 0.118. The lowest BCUT2D eigenvalue weighted by Crippen LogP contribution is -2.62. The van der Waals surface area contributed by atoms with Crippen LogP contribution in [0.2, 0.25) is 0 Å². The van der Waals surface area contributed by atoms with Gasteiger partial charge in [0.2, 0.25) is 11.8 Å². The lowest BCUT2D eigenvalue weighted by molar-refractivity contribution is -0.150. The molecule has 0 bridgehead atoms. The smallest absolute Gasteiger partial charge is 0.245 e. The Labute approximate surface area is 184 Å². The normalized spacial score (nSPS) is 22.4. The summed E-state index contributed by atoms with van der Waals surface area (Å²) in [6.07, 6.45) is 6.26. The number of piperazine rings is 1. The molecule has 30 heavy (non-hydrogen) atoms. The Morgan fingerprint density at radius 1 is 1.10 bits per heavy atom. The number of hydrogen-bond acceptors (Lipinski definition) is 4. The fourth-order valence-corrected chi connectivity index (χ4v) is 4.88. The lowest BCUT2D eigenvalue weighted by Gasteiger charge is -2.42. The topological polar surface area (TPSA) is 55.9 Å². The number of amides is 2. The number of piperidine rings is 1. The maximum Gasteiger partial charge on any atom is 0.245 e. The molecule has 2 aliphatic heterocycles. The summed E-state index contributed by atoms with van der Waals surface area (Å²) in [6, 6.07) is -0.455. The van der Waals surface area contributed by atoms with E-state index >= 15 is 0 Å². The van der Waals surface area contributed by atoms with Gasteiger partial charge in [-0.15, -0.1) is 0 Å². The molecule has 0 saturated carbocycles. The molecule has 2 heterocycles. The van der Waals surface area contributed by atoms with Crippen LogP contribution in [0.4, 0.5) is 0 Å². The summed E-state index contributed by atoms with van der Waals surface area (Å²) in [7, 11) is 4.25. The molecule has 2 fully saturated rings. The molecule has 2 atom stereocenters. The van der Waals surface area contributed by atoms with Gasteiger partial charge in [-0.2, -0.15) is 0 Å². The van der Waals surface area contributed by atoms with Gasteiger partial charge in [-0.05, 0) is 76.9 Å². The van der Waals surface area contributed by atoms with Crippen molar-refractivity contribution >= 4 is 11.8 Å². The third kappa shape index (κ3) is 7.52. The van der Waals surface area contributed by atoms with Crippen LogP contribution in [0.1, 0.15) is 66.2 Å². The largest absolute Gasteiger partial charge is 0.341 e. The summed E-state index contributed by atoms with van der Waals surface area (Å²) < 4.78 is 0. The predicted molar refractivity (Wildman–Crippen MR) is 123 cm³/mol. The van der Waals surface area contributed by atoms with E-state index in [4.69, 9.17) is 0 Å². The highest BCUT2D eigenvalue weighted by atomic mass is 16.2. The van der Waals surface area contributed by atoms with E-state index in [-0.39, 0.29) is 23.9 Å². The van der Waals surface area contributed by atoms with Gasteiger partial charge in [0.15, 0.2) is 0 Å². The summed E-state index contributed by atoms with van der Waals surface area (Å²) in [5.41, 5.74) is 0. The Balaban J connectivity index is 1.98. The highest BCUT2D eigenvalue weighted by molar-refractivity contribution is 5.90. The van der Waals surface area contributed by atoms with Crippen LogP contribution in [0.3, 0.4) is 0 Å². The second-order valence-corrected chi connectivity index (χ2v) is 10.5. The van der Waals surface area contributed by atoms with Crippen LogP contribution in [0.15, 0.2) is 0 Å². The summed E-state index contributed by atoms with van der Waals surface area (Å²) in [5.74, 6) is 1.86. The van der Waals surface area contributed by atoms with Crippen molar-refractivity contribution in [1.29, 1.82) is 0 Å². The number of rotatable bonds is 10. The average molecular weight is 423 g/mol. The SMILES string of the molecule is CC(C)CC(C(=O)N1CCC(CCCN(C)C)CC1)N1CCN[C@@H](CC(C)C)C1=O. The number of hydrogen-bond donors (Lipinski definition) is 1. The summed E-state index contributed by atoms with van der Waals surface area (Å²) in [5, 5.41) is 3.37. The summed E-state index contributed by atoms with van der Waals surface area (Å²) in [4.78, 5) is 32.9. The van der Waals surface area contributed by atoms with E-state index in [2.05, 4.69) is 52.0 Å². The van der Waals surface area contributed by atoms with Gasteiger partial charge in [-0.25, -0.2) is 0 Å². The molecular weight excluding hydrogens is 376 g/mol. The molecule has 2 rings (SSSR count). The highest BCUT2D eigenvalue weighted by Gasteiger charge is 2.39. The maximum atomic E-state index is 13.5. The van der Waals surface area contributed by atoms with Gasteiger partial charge in [0.05, 0.1) is 6.04 Å². The molecule has 2 amide bonds. The van der Waals surface area contributed by atoms with Gasteiger partial charge < -0.3 is 20.0 Å². The molecule has 1 unspecified atom stereocenters. The van der Waals surface area contributed by atoms with E-state index in [0.29, 0.717) is 18.4 Å². The second kappa shape index (κ2) is 12.0. The van der Waals surface area contributed by atoms with Gasteiger partial charge in [-0.3, -0.25) is 9.59 Å². The van der Waals surface area contributed by atoms with Crippen molar-refractivity contribution in [3.05, 3.63) is 0 Å². The zero-order valence-corrected chi connectivity index (χ0v) is 20.3. The Morgan fingerprint density at radius 2 is 1.77 bits per heavy atom. The first-order chi connectivity index (χ1) is 14.2. The van der Waals surface area contributed by atoms with Crippen molar-refractivity contribution in [1.82, 2.24) is 20.0 Å². The molecule has 2 aliphatic rings. The summed E-state index contributed by atoms with van der Waals surface area (Å²) in [6.45, 7) is 12.8. The molecule has 0 aromatic rings. The Morgan fingerprint density at radius 3 is 2.33 bits per heavy atom. The van der Waals surface area contributed by atoms with Gasteiger partial charge in [0.1, 0.15) is 6.04 Å². The van der Waals surface area contributed by atoms with E-state index in [0.717, 1.165) is 57.8 Å². The van der Waals surface area contributed by atoms with E-state index in [1.807, 2.05) is 9.80 Å². The molecule has 0 radical (unpaired) electrons. The van der Waals surface area contributed by atoms with Crippen LogP contribution in [-0.2, 0) is 9.59 Å². The standard InChI is InChI=1S/C24H46N4O2/c1-18(2)16-21-23(29)28(15-11-25-21)22(17-19(3)4)24(30)27-13-9-20(10-14-27)8-7-12-26(5)6/h18-22,25H,7-17H2,1-6H3/t21-,22?/m0/s1. The second-order valence-electron chi connectivity index (χ2n) is 10.5. The molecular formula is C24H46N4O2. The molecule has 6 heteroatoms. The van der Waals surface area contributed by atoms with E-state index in [1.54, 1.807) is 0 Å². The molecule has 2 saturated heterocycles. The maximum absolute atomic E-state index is 13.5. The Kier molecular flexibility index (Phi) is 10.1. The molecule has 0 aromatic heterocycles. The van der Waals surface area contributed by atoms with Crippen molar-refractivity contribution in [2.24, 2.45) is 17.8 Å². The number of carbonyl (C=O) groups excluding carboxylic acids is 2. The van der Waals surface area contributed by atoms with Crippen LogP contribution >= 0.6 is 0 Å². The fraction of sp³-hybridized carbons (Fsp3) is 0.917. The zero-order chi connectivity index (χ0) is 22.3. The molecule has 0 aromatic carbocycles. The number of likely N-dealkylation sites (tertiary alicyclic amines) is 1. The molecule has 0 spiro atoms. The van der Waals surface area contributed by atoms with Crippen molar-refractivity contribution in [3.63, 3.8) is 0 Å². The van der Waals surface area contributed by atoms with Crippen molar-refractivity contribution in [2.75, 3.05) is 46.8 Å². The average Bonchev–Trinajstić information content (AvgIpc) is 2.67. The van der Waals surface area contributed by atoms with Crippen molar-refractivity contribution in [2.45, 2.75) is 78.3 Å². The van der Waals surface area contributed by atoms with Gasteiger partial charge >= 0.3 is 0 Å². The molecule has 1 N–H and O–H groups in total. The Bertz CT molecular complexity index is 541. The van der Waals surface area contributed by atoms with Crippen molar-refractivity contribution in [3.8, 4) is 0 Å². The first-order valence-corrected chi connectivity index (χ1v) is 12.2. The minimum atomic E-state index is -0.306. The van der Waals surface area contributed by atoms with Crippen LogP contribution < -0.4 is 5.32 Å². The van der Waals surface area contributed by atoms with E-state index in [9.17, 15) is 9.59 Å². The summed E-state index contributed by atoms with van der Waals surface area (Å²) >= 11 is 0. The number of carbonyl (C=O) groups is 2. The molecule has 174 valence electrons. The van der Waals surface area contributed by atoms with Gasteiger partial charge in [-0.1, -0.05) is 27.7 Å². The number of nitrogens with zero attached hydrogens (tertiary/aromatic N) is 3. The fourth-order valence-electron chi connectivity index (χ4n) is 4.88. The Hall–Kier alpha value is -1.14. The lowest BCUT2D eigenvalue weighted by atomic mass is 9.91. The van der Waals surface area contributed by atoms with Crippen LogP contribution in [0.25, 0.3) is 0 Å². The minimum Gasteiger partial charge on any atom is -0.341 e. The van der Waals surface area contributed by atoms with E-state index in [1.165, 1.54) is 12.8 Å². The quantitative estimate of drug-likeness (QED) is 0.588. The highest BCUT2D eigenvalue weighted by Crippen LogP contribution is 2.25. The van der Waals surface area contributed by atoms with Crippen LogP contribution in [0.5, 0.6) is 0 Å². The monoisotopic (exact) mass is 422 g/mol.